The fourth-order valence-electron chi connectivity index (χ4n) is 6.61. The van der Waals surface area contributed by atoms with Crippen LogP contribution in [-0.2, 0) is 33.8 Å². The second-order valence-corrected chi connectivity index (χ2v) is 14.0. The van der Waals surface area contributed by atoms with Gasteiger partial charge in [0, 0.05) is 43.4 Å². The van der Waals surface area contributed by atoms with Crippen LogP contribution in [0.25, 0.3) is 0 Å². The van der Waals surface area contributed by atoms with Gasteiger partial charge in [0.2, 0.25) is 11.8 Å². The average Bonchev–Trinajstić information content (AvgIpc) is 3.21. The van der Waals surface area contributed by atoms with Crippen LogP contribution >= 0.6 is 0 Å². The largest absolute Gasteiger partial charge is 0.471 e. The van der Waals surface area contributed by atoms with Crippen LogP contribution in [0, 0.1) is 34.0 Å². The fraction of sp³-hybridized carbons (Fsp3) is 0.700. The lowest BCUT2D eigenvalue weighted by molar-refractivity contribution is -0.176. The predicted octanol–water partition coefficient (Wildman–Crippen LogP) is 2.27. The molecule has 3 amide bonds. The lowest BCUT2D eigenvalue weighted by Gasteiger charge is -2.37. The van der Waals surface area contributed by atoms with E-state index >= 15 is 0 Å². The van der Waals surface area contributed by atoms with Gasteiger partial charge in [-0.05, 0) is 54.6 Å². The van der Waals surface area contributed by atoms with Crippen LogP contribution in [0.15, 0.2) is 10.9 Å². The molecule has 1 aromatic rings. The summed E-state index contributed by atoms with van der Waals surface area (Å²) in [5, 5.41) is 14.4. The molecule has 1 aliphatic carbocycles. The Morgan fingerprint density at radius 3 is 2.40 bits per heavy atom. The summed E-state index contributed by atoms with van der Waals surface area (Å²) < 4.78 is 39.3. The molecule has 10 nitrogen and oxygen atoms in total. The van der Waals surface area contributed by atoms with Gasteiger partial charge in [0.05, 0.1) is 6.07 Å². The molecule has 3 heterocycles. The third kappa shape index (κ3) is 6.44. The van der Waals surface area contributed by atoms with Crippen LogP contribution < -0.4 is 16.2 Å². The van der Waals surface area contributed by atoms with Crippen molar-refractivity contribution >= 4 is 17.7 Å². The number of aromatic amines is 1. The molecule has 1 unspecified atom stereocenters. The van der Waals surface area contributed by atoms with Crippen LogP contribution in [-0.4, -0.2) is 75.9 Å². The lowest BCUT2D eigenvalue weighted by Crippen LogP contribution is -2.61. The van der Waals surface area contributed by atoms with E-state index in [-0.39, 0.29) is 35.8 Å². The molecule has 1 saturated carbocycles. The predicted molar refractivity (Wildman–Crippen MR) is 151 cm³/mol. The first kappa shape index (κ1) is 32.5. The minimum absolute atomic E-state index is 0.0524. The number of hydrogen-bond donors (Lipinski definition) is 3. The van der Waals surface area contributed by atoms with Gasteiger partial charge in [-0.2, -0.15) is 18.4 Å². The Hall–Kier alpha value is -3.40. The van der Waals surface area contributed by atoms with Crippen molar-refractivity contribution in [1.82, 2.24) is 25.4 Å². The first-order valence-corrected chi connectivity index (χ1v) is 14.6. The number of alkyl halides is 3. The fourth-order valence-corrected chi connectivity index (χ4v) is 6.61. The van der Waals surface area contributed by atoms with E-state index in [0.717, 1.165) is 24.2 Å². The molecule has 5 atom stereocenters. The molecular weight excluding hydrogens is 565 g/mol. The molecule has 2 aliphatic heterocycles. The number of pyridine rings is 1. The normalized spacial score (nSPS) is 24.4. The SMILES string of the molecule is CC(C)N1CCc2cc(CC(C#N)NC(=O)[C@@H]3[C@@H]4[C@H](CN3C(=O)[C@@H](NC(=O)C(F)(F)F)C(C)(C)C)C4(C)C)c(=O)[nH]c2C1. The molecule has 0 aromatic carbocycles. The van der Waals surface area contributed by atoms with Gasteiger partial charge in [0.25, 0.3) is 5.56 Å². The number of rotatable bonds is 7. The van der Waals surface area contributed by atoms with Crippen molar-refractivity contribution in [3.63, 3.8) is 0 Å². The third-order valence-corrected chi connectivity index (χ3v) is 9.35. The van der Waals surface area contributed by atoms with Gasteiger partial charge in [-0.25, -0.2) is 0 Å². The summed E-state index contributed by atoms with van der Waals surface area (Å²) in [5.74, 6) is -3.98. The highest BCUT2D eigenvalue weighted by molar-refractivity contribution is 5.95. The Balaban J connectivity index is 1.53. The van der Waals surface area contributed by atoms with Crippen molar-refractivity contribution in [3.8, 4) is 6.07 Å². The average molecular weight is 607 g/mol. The monoisotopic (exact) mass is 606 g/mol. The zero-order valence-electron chi connectivity index (χ0n) is 25.7. The second-order valence-electron chi connectivity index (χ2n) is 14.0. The van der Waals surface area contributed by atoms with Crippen molar-refractivity contribution in [2.45, 2.75) is 98.2 Å². The van der Waals surface area contributed by atoms with Gasteiger partial charge in [-0.1, -0.05) is 34.6 Å². The van der Waals surface area contributed by atoms with E-state index in [1.54, 1.807) is 6.07 Å². The molecule has 0 bridgehead atoms. The number of nitriles is 1. The lowest BCUT2D eigenvalue weighted by atomic mass is 9.85. The molecule has 43 heavy (non-hydrogen) atoms. The number of halogens is 3. The number of carbonyl (C=O) groups is 3. The summed E-state index contributed by atoms with van der Waals surface area (Å²) >= 11 is 0. The minimum atomic E-state index is -5.18. The van der Waals surface area contributed by atoms with E-state index in [2.05, 4.69) is 29.0 Å². The number of fused-ring (bicyclic) bond motifs is 2. The standard InChI is InChI=1S/C30H41F3N6O4/c1-15(2)38-9-8-16-10-17(24(40)36-20(16)14-38)11-18(12-34)35-25(41)22-21-19(29(21,6)7)13-39(22)26(42)23(28(3,4)5)37-27(43)30(31,32)33/h10,15,18-19,21-23H,8-9,11,13-14H2,1-7H3,(H,35,41)(H,36,40)(H,37,43)/t18?,19-,21-,22-,23+/m0/s1. The molecule has 0 spiro atoms. The Kier molecular flexibility index (Phi) is 8.52. The van der Waals surface area contributed by atoms with Crippen molar-refractivity contribution in [1.29, 1.82) is 5.26 Å². The summed E-state index contributed by atoms with van der Waals surface area (Å²) in [6, 6.07) is 0.489. The van der Waals surface area contributed by atoms with Gasteiger partial charge < -0.3 is 20.5 Å². The van der Waals surface area contributed by atoms with Crippen molar-refractivity contribution in [3.05, 3.63) is 33.2 Å². The second kappa shape index (κ2) is 11.3. The molecule has 0 radical (unpaired) electrons. The highest BCUT2D eigenvalue weighted by Crippen LogP contribution is 2.65. The van der Waals surface area contributed by atoms with E-state index in [4.69, 9.17) is 0 Å². The van der Waals surface area contributed by atoms with Crippen molar-refractivity contribution in [2.75, 3.05) is 13.1 Å². The number of amides is 3. The van der Waals surface area contributed by atoms with Crippen molar-refractivity contribution in [2.24, 2.45) is 22.7 Å². The summed E-state index contributed by atoms with van der Waals surface area (Å²) in [5.41, 5.74) is 0.449. The zero-order chi connectivity index (χ0) is 32.2. The Morgan fingerprint density at radius 1 is 1.19 bits per heavy atom. The number of nitrogens with one attached hydrogen (secondary N) is 3. The van der Waals surface area contributed by atoms with Crippen LogP contribution in [0.1, 0.15) is 65.3 Å². The van der Waals surface area contributed by atoms with Gasteiger partial charge in [0.1, 0.15) is 18.1 Å². The maximum absolute atomic E-state index is 13.7. The minimum Gasteiger partial charge on any atom is -0.338 e. The smallest absolute Gasteiger partial charge is 0.338 e. The van der Waals surface area contributed by atoms with E-state index in [1.165, 1.54) is 25.7 Å². The topological polar surface area (TPSA) is 138 Å². The summed E-state index contributed by atoms with van der Waals surface area (Å²) in [7, 11) is 0. The molecule has 4 rings (SSSR count). The number of piperidine rings is 1. The quantitative estimate of drug-likeness (QED) is 0.436. The first-order chi connectivity index (χ1) is 19.8. The van der Waals surface area contributed by atoms with Gasteiger partial charge in [-0.3, -0.25) is 24.1 Å². The van der Waals surface area contributed by atoms with E-state index in [9.17, 15) is 37.6 Å². The van der Waals surface area contributed by atoms with Crippen LogP contribution in [0.2, 0.25) is 0 Å². The highest BCUT2D eigenvalue weighted by Gasteiger charge is 2.70. The Morgan fingerprint density at radius 2 is 1.84 bits per heavy atom. The summed E-state index contributed by atoms with van der Waals surface area (Å²) in [6.07, 6.45) is -4.50. The van der Waals surface area contributed by atoms with Crippen molar-refractivity contribution < 1.29 is 27.6 Å². The molecule has 2 fully saturated rings. The maximum Gasteiger partial charge on any atom is 0.471 e. The highest BCUT2D eigenvalue weighted by atomic mass is 19.4. The van der Waals surface area contributed by atoms with Crippen LogP contribution in [0.3, 0.4) is 0 Å². The van der Waals surface area contributed by atoms with Gasteiger partial charge >= 0.3 is 12.1 Å². The zero-order valence-corrected chi connectivity index (χ0v) is 25.7. The number of carbonyl (C=O) groups excluding carboxylic acids is 3. The Labute approximate surface area is 249 Å². The van der Waals surface area contributed by atoms with Gasteiger partial charge in [-0.15, -0.1) is 0 Å². The van der Waals surface area contributed by atoms with Crippen LogP contribution in [0.5, 0.6) is 0 Å². The number of likely N-dealkylation sites (tertiary alicyclic amines) is 1. The van der Waals surface area contributed by atoms with E-state index in [1.807, 2.05) is 25.2 Å². The summed E-state index contributed by atoms with van der Waals surface area (Å²) in [4.78, 5) is 58.5. The molecular formula is C30H41F3N6O4. The molecule has 3 N–H and O–H groups in total. The first-order valence-electron chi connectivity index (χ1n) is 14.6. The van der Waals surface area contributed by atoms with E-state index < -0.39 is 47.4 Å². The third-order valence-electron chi connectivity index (χ3n) is 9.35. The number of hydrogen-bond acceptors (Lipinski definition) is 6. The Bertz CT molecular complexity index is 1390. The van der Waals surface area contributed by atoms with Crippen LogP contribution in [0.4, 0.5) is 13.2 Å². The molecule has 236 valence electrons. The molecule has 1 saturated heterocycles. The summed E-state index contributed by atoms with van der Waals surface area (Å²) in [6.45, 7) is 14.3. The number of aromatic nitrogens is 1. The maximum atomic E-state index is 13.7. The number of H-pyrrole nitrogens is 1. The molecule has 13 heteroatoms. The van der Waals surface area contributed by atoms with E-state index in [0.29, 0.717) is 18.2 Å². The molecule has 3 aliphatic rings. The molecule has 1 aromatic heterocycles. The van der Waals surface area contributed by atoms with Gasteiger partial charge in [0.15, 0.2) is 0 Å². The number of nitrogens with zero attached hydrogens (tertiary/aromatic N) is 3.